The second-order valence-electron chi connectivity index (χ2n) is 3.85. The molecule has 94 valence electrons. The largest absolute Gasteiger partial charge is 0.325 e. The summed E-state index contributed by atoms with van der Waals surface area (Å²) in [5.41, 5.74) is 7.72. The van der Waals surface area contributed by atoms with Gasteiger partial charge in [0.05, 0.1) is 11.9 Å². The molecule has 0 saturated carbocycles. The Balaban J connectivity index is 1.99. The Kier molecular flexibility index (Phi) is 3.63. The Morgan fingerprint density at radius 2 is 2.39 bits per heavy atom. The van der Waals surface area contributed by atoms with Crippen LogP contribution in [0.4, 0.5) is 5.69 Å². The van der Waals surface area contributed by atoms with Crippen molar-refractivity contribution in [3.63, 3.8) is 0 Å². The lowest BCUT2D eigenvalue weighted by molar-refractivity contribution is -0.116. The van der Waals surface area contributed by atoms with Crippen LogP contribution in [0.5, 0.6) is 0 Å². The molecule has 0 unspecified atom stereocenters. The van der Waals surface area contributed by atoms with Crippen LogP contribution in [-0.4, -0.2) is 25.9 Å². The van der Waals surface area contributed by atoms with Crippen LogP contribution in [0.3, 0.4) is 0 Å². The standard InChI is InChI=1S/C11H14N6O/c1-8-5-13-3-2-10(8)14-11(18)7-17-6-9(4-12)15-16-17/h2-3,5-6H,4,7,12H2,1H3,(H,13,14,18). The Hall–Kier alpha value is -2.28. The second kappa shape index (κ2) is 5.37. The SMILES string of the molecule is Cc1cnccc1NC(=O)Cn1cc(CN)nn1. The molecule has 0 radical (unpaired) electrons. The quantitative estimate of drug-likeness (QED) is 0.796. The first-order chi connectivity index (χ1) is 8.69. The van der Waals surface area contributed by atoms with Gasteiger partial charge in [0, 0.05) is 24.6 Å². The molecular formula is C11H14N6O. The minimum Gasteiger partial charge on any atom is -0.325 e. The van der Waals surface area contributed by atoms with Crippen LogP contribution in [0, 0.1) is 6.92 Å². The van der Waals surface area contributed by atoms with Crippen LogP contribution < -0.4 is 11.1 Å². The molecule has 0 aliphatic rings. The Labute approximate surface area is 104 Å². The van der Waals surface area contributed by atoms with Gasteiger partial charge in [-0.3, -0.25) is 9.78 Å². The van der Waals surface area contributed by atoms with E-state index in [1.54, 1.807) is 24.7 Å². The lowest BCUT2D eigenvalue weighted by Gasteiger charge is -2.07. The highest BCUT2D eigenvalue weighted by Gasteiger charge is 2.07. The van der Waals surface area contributed by atoms with Gasteiger partial charge >= 0.3 is 0 Å². The molecule has 3 N–H and O–H groups in total. The molecule has 2 aromatic heterocycles. The van der Waals surface area contributed by atoms with Crippen LogP contribution in [0.15, 0.2) is 24.7 Å². The summed E-state index contributed by atoms with van der Waals surface area (Å²) >= 11 is 0. The normalized spacial score (nSPS) is 10.3. The third-order valence-electron chi connectivity index (χ3n) is 2.40. The number of hydrogen-bond donors (Lipinski definition) is 2. The molecule has 2 rings (SSSR count). The fourth-order valence-electron chi connectivity index (χ4n) is 1.46. The van der Waals surface area contributed by atoms with E-state index < -0.39 is 0 Å². The number of anilines is 1. The van der Waals surface area contributed by atoms with Crippen molar-refractivity contribution in [2.45, 2.75) is 20.0 Å². The zero-order valence-corrected chi connectivity index (χ0v) is 10.00. The molecule has 0 atom stereocenters. The molecule has 0 aromatic carbocycles. The van der Waals surface area contributed by atoms with Crippen LogP contribution in [0.1, 0.15) is 11.3 Å². The molecule has 7 heteroatoms. The maximum atomic E-state index is 11.8. The Morgan fingerprint density at radius 1 is 1.56 bits per heavy atom. The molecule has 2 heterocycles. The molecule has 0 bridgehead atoms. The van der Waals surface area contributed by atoms with Crippen molar-refractivity contribution >= 4 is 11.6 Å². The average Bonchev–Trinajstić information content (AvgIpc) is 2.80. The van der Waals surface area contributed by atoms with E-state index in [1.807, 2.05) is 6.92 Å². The minimum atomic E-state index is -0.169. The molecule has 1 amide bonds. The number of nitrogens with two attached hydrogens (primary N) is 1. The number of nitrogens with one attached hydrogen (secondary N) is 1. The summed E-state index contributed by atoms with van der Waals surface area (Å²) in [5.74, 6) is -0.169. The smallest absolute Gasteiger partial charge is 0.246 e. The second-order valence-corrected chi connectivity index (χ2v) is 3.85. The number of pyridine rings is 1. The third-order valence-corrected chi connectivity index (χ3v) is 2.40. The van der Waals surface area contributed by atoms with Crippen molar-refractivity contribution in [3.05, 3.63) is 35.9 Å². The van der Waals surface area contributed by atoms with E-state index in [1.165, 1.54) is 4.68 Å². The van der Waals surface area contributed by atoms with Crippen molar-refractivity contribution in [2.24, 2.45) is 5.73 Å². The van der Waals surface area contributed by atoms with Crippen LogP contribution in [0.25, 0.3) is 0 Å². The van der Waals surface area contributed by atoms with Gasteiger partial charge in [0.15, 0.2) is 0 Å². The molecule has 7 nitrogen and oxygen atoms in total. The monoisotopic (exact) mass is 246 g/mol. The van der Waals surface area contributed by atoms with Gasteiger partial charge in [-0.1, -0.05) is 5.21 Å². The molecule has 0 spiro atoms. The number of aryl methyl sites for hydroxylation is 1. The van der Waals surface area contributed by atoms with Crippen LogP contribution >= 0.6 is 0 Å². The van der Waals surface area contributed by atoms with E-state index in [0.29, 0.717) is 12.2 Å². The van der Waals surface area contributed by atoms with Crippen LogP contribution in [0.2, 0.25) is 0 Å². The number of aromatic nitrogens is 4. The molecule has 2 aromatic rings. The summed E-state index contributed by atoms with van der Waals surface area (Å²) in [5, 5.41) is 10.4. The summed E-state index contributed by atoms with van der Waals surface area (Å²) in [6, 6.07) is 1.75. The van der Waals surface area contributed by atoms with E-state index >= 15 is 0 Å². The lowest BCUT2D eigenvalue weighted by atomic mass is 10.2. The zero-order valence-electron chi connectivity index (χ0n) is 10.00. The van der Waals surface area contributed by atoms with Gasteiger partial charge in [0.2, 0.25) is 5.91 Å². The number of amides is 1. The topological polar surface area (TPSA) is 98.7 Å². The molecule has 18 heavy (non-hydrogen) atoms. The molecule has 0 aliphatic carbocycles. The lowest BCUT2D eigenvalue weighted by Crippen LogP contribution is -2.19. The van der Waals surface area contributed by atoms with Gasteiger partial charge in [-0.15, -0.1) is 5.10 Å². The van der Waals surface area contributed by atoms with Gasteiger partial charge in [-0.05, 0) is 18.6 Å². The minimum absolute atomic E-state index is 0.106. The predicted molar refractivity (Wildman–Crippen MR) is 65.5 cm³/mol. The molecule has 0 saturated heterocycles. The summed E-state index contributed by atoms with van der Waals surface area (Å²) in [6.45, 7) is 2.30. The van der Waals surface area contributed by atoms with Crippen molar-refractivity contribution in [2.75, 3.05) is 5.32 Å². The van der Waals surface area contributed by atoms with E-state index in [-0.39, 0.29) is 12.5 Å². The highest BCUT2D eigenvalue weighted by molar-refractivity contribution is 5.91. The summed E-state index contributed by atoms with van der Waals surface area (Å²) < 4.78 is 1.45. The van der Waals surface area contributed by atoms with E-state index in [0.717, 1.165) is 11.3 Å². The fourth-order valence-corrected chi connectivity index (χ4v) is 1.46. The van der Waals surface area contributed by atoms with Crippen molar-refractivity contribution in [1.29, 1.82) is 0 Å². The van der Waals surface area contributed by atoms with Gasteiger partial charge in [0.1, 0.15) is 6.54 Å². The zero-order chi connectivity index (χ0) is 13.0. The van der Waals surface area contributed by atoms with Gasteiger partial charge in [-0.2, -0.15) is 0 Å². The van der Waals surface area contributed by atoms with Crippen molar-refractivity contribution < 1.29 is 4.79 Å². The van der Waals surface area contributed by atoms with Crippen molar-refractivity contribution in [1.82, 2.24) is 20.0 Å². The maximum Gasteiger partial charge on any atom is 0.246 e. The first kappa shape index (κ1) is 12.2. The number of nitrogens with zero attached hydrogens (tertiary/aromatic N) is 4. The Bertz CT molecular complexity index is 550. The van der Waals surface area contributed by atoms with Crippen molar-refractivity contribution in [3.8, 4) is 0 Å². The number of carbonyl (C=O) groups is 1. The number of hydrogen-bond acceptors (Lipinski definition) is 5. The predicted octanol–water partition coefficient (Wildman–Crippen LogP) is 0.0789. The third kappa shape index (κ3) is 2.89. The van der Waals surface area contributed by atoms with Gasteiger partial charge in [-0.25, -0.2) is 4.68 Å². The van der Waals surface area contributed by atoms with Crippen LogP contribution in [-0.2, 0) is 17.9 Å². The summed E-state index contributed by atoms with van der Waals surface area (Å²) in [7, 11) is 0. The maximum absolute atomic E-state index is 11.8. The number of carbonyl (C=O) groups excluding carboxylic acids is 1. The average molecular weight is 246 g/mol. The van der Waals surface area contributed by atoms with Gasteiger partial charge < -0.3 is 11.1 Å². The van der Waals surface area contributed by atoms with E-state index in [9.17, 15) is 4.79 Å². The van der Waals surface area contributed by atoms with E-state index in [2.05, 4.69) is 20.6 Å². The molecule has 0 aliphatic heterocycles. The number of rotatable bonds is 4. The Morgan fingerprint density at radius 3 is 3.06 bits per heavy atom. The molecular weight excluding hydrogens is 232 g/mol. The summed E-state index contributed by atoms with van der Waals surface area (Å²) in [6.07, 6.45) is 4.97. The first-order valence-electron chi connectivity index (χ1n) is 5.48. The molecule has 0 fully saturated rings. The highest BCUT2D eigenvalue weighted by Crippen LogP contribution is 2.11. The van der Waals surface area contributed by atoms with Gasteiger partial charge in [0.25, 0.3) is 0 Å². The fraction of sp³-hybridized carbons (Fsp3) is 0.273. The van der Waals surface area contributed by atoms with E-state index in [4.69, 9.17) is 5.73 Å². The highest BCUT2D eigenvalue weighted by atomic mass is 16.2. The summed E-state index contributed by atoms with van der Waals surface area (Å²) in [4.78, 5) is 15.7. The first-order valence-corrected chi connectivity index (χ1v) is 5.48.